The Morgan fingerprint density at radius 3 is 3.05 bits per heavy atom. The van der Waals surface area contributed by atoms with Gasteiger partial charge in [0.1, 0.15) is 0 Å². The van der Waals surface area contributed by atoms with Crippen molar-refractivity contribution < 1.29 is 4.74 Å². The Balaban J connectivity index is 1.80. The second-order valence-electron chi connectivity index (χ2n) is 5.01. The van der Waals surface area contributed by atoms with E-state index >= 15 is 0 Å². The van der Waals surface area contributed by atoms with E-state index in [0.717, 1.165) is 50.8 Å². The van der Waals surface area contributed by atoms with Crippen LogP contribution in [-0.4, -0.2) is 42.0 Å². The highest BCUT2D eigenvalue weighted by Crippen LogP contribution is 2.10. The highest BCUT2D eigenvalue weighted by Gasteiger charge is 2.04. The number of guanidine groups is 1. The van der Waals surface area contributed by atoms with Gasteiger partial charge in [-0.2, -0.15) is 5.10 Å². The molecule has 6 heteroatoms. The number of nitrogens with zero attached hydrogens (tertiary/aromatic N) is 3. The van der Waals surface area contributed by atoms with Crippen molar-refractivity contribution in [1.29, 1.82) is 0 Å². The predicted octanol–water partition coefficient (Wildman–Crippen LogP) is 1.21. The number of aromatic nitrogens is 2. The van der Waals surface area contributed by atoms with Gasteiger partial charge in [0.15, 0.2) is 5.96 Å². The molecule has 2 N–H and O–H groups in total. The Morgan fingerprint density at radius 2 is 2.38 bits per heavy atom. The standard InChI is InChI=1S/C15H25N5O/c1-3-16-15(18-12-14-5-9-19-20(14)2)17-8-4-13-6-10-21-11-7-13/h5-6,9H,3-4,7-8,10-12H2,1-2H3,(H2,16,17,18). The lowest BCUT2D eigenvalue weighted by Crippen LogP contribution is -2.38. The SMILES string of the molecule is CCNC(=NCc1ccnn1C)NCCC1=CCOCC1. The van der Waals surface area contributed by atoms with Crippen molar-refractivity contribution in [2.45, 2.75) is 26.3 Å². The fraction of sp³-hybridized carbons (Fsp3) is 0.600. The Hall–Kier alpha value is -1.82. The fourth-order valence-corrected chi connectivity index (χ4v) is 2.19. The molecule has 2 heterocycles. The highest BCUT2D eigenvalue weighted by atomic mass is 16.5. The first-order valence-corrected chi connectivity index (χ1v) is 7.54. The van der Waals surface area contributed by atoms with E-state index in [-0.39, 0.29) is 0 Å². The van der Waals surface area contributed by atoms with Crippen LogP contribution in [0.25, 0.3) is 0 Å². The van der Waals surface area contributed by atoms with Gasteiger partial charge in [0, 0.05) is 26.3 Å². The third-order valence-corrected chi connectivity index (χ3v) is 3.46. The largest absolute Gasteiger partial charge is 0.377 e. The number of hydrogen-bond acceptors (Lipinski definition) is 3. The summed E-state index contributed by atoms with van der Waals surface area (Å²) in [6.45, 7) is 6.05. The number of nitrogens with one attached hydrogen (secondary N) is 2. The summed E-state index contributed by atoms with van der Waals surface area (Å²) < 4.78 is 7.16. The van der Waals surface area contributed by atoms with Crippen LogP contribution in [-0.2, 0) is 18.3 Å². The second kappa shape index (κ2) is 8.46. The molecular weight excluding hydrogens is 266 g/mol. The molecule has 6 nitrogen and oxygen atoms in total. The smallest absolute Gasteiger partial charge is 0.191 e. The normalized spacial score (nSPS) is 15.7. The summed E-state index contributed by atoms with van der Waals surface area (Å²) in [7, 11) is 1.93. The van der Waals surface area contributed by atoms with Crippen molar-refractivity contribution in [2.24, 2.45) is 12.0 Å². The first kappa shape index (κ1) is 15.6. The molecule has 1 aromatic heterocycles. The van der Waals surface area contributed by atoms with Crippen LogP contribution >= 0.6 is 0 Å². The van der Waals surface area contributed by atoms with Crippen molar-refractivity contribution in [3.8, 4) is 0 Å². The first-order valence-electron chi connectivity index (χ1n) is 7.54. The number of rotatable bonds is 6. The van der Waals surface area contributed by atoms with Crippen LogP contribution in [0.15, 0.2) is 28.9 Å². The summed E-state index contributed by atoms with van der Waals surface area (Å²) in [6.07, 6.45) is 6.07. The topological polar surface area (TPSA) is 63.5 Å². The van der Waals surface area contributed by atoms with Gasteiger partial charge in [-0.15, -0.1) is 0 Å². The maximum Gasteiger partial charge on any atom is 0.191 e. The van der Waals surface area contributed by atoms with Gasteiger partial charge in [-0.3, -0.25) is 4.68 Å². The molecule has 0 spiro atoms. The van der Waals surface area contributed by atoms with Crippen LogP contribution in [0.3, 0.4) is 0 Å². The lowest BCUT2D eigenvalue weighted by Gasteiger charge is -2.15. The van der Waals surface area contributed by atoms with E-state index < -0.39 is 0 Å². The van der Waals surface area contributed by atoms with Crippen molar-refractivity contribution in [2.75, 3.05) is 26.3 Å². The summed E-state index contributed by atoms with van der Waals surface area (Å²) in [6, 6.07) is 1.99. The molecule has 0 fully saturated rings. The highest BCUT2D eigenvalue weighted by molar-refractivity contribution is 5.79. The minimum Gasteiger partial charge on any atom is -0.377 e. The van der Waals surface area contributed by atoms with E-state index in [9.17, 15) is 0 Å². The average molecular weight is 291 g/mol. The summed E-state index contributed by atoms with van der Waals surface area (Å²) in [5, 5.41) is 10.8. The van der Waals surface area contributed by atoms with Gasteiger partial charge in [0.2, 0.25) is 0 Å². The molecule has 0 bridgehead atoms. The fourth-order valence-electron chi connectivity index (χ4n) is 2.19. The summed E-state index contributed by atoms with van der Waals surface area (Å²) in [5.74, 6) is 0.853. The van der Waals surface area contributed by atoms with Gasteiger partial charge in [-0.25, -0.2) is 4.99 Å². The molecule has 1 aromatic rings. The number of hydrogen-bond donors (Lipinski definition) is 2. The van der Waals surface area contributed by atoms with Crippen LogP contribution in [0, 0.1) is 0 Å². The monoisotopic (exact) mass is 291 g/mol. The van der Waals surface area contributed by atoms with Crippen LogP contribution in [0.1, 0.15) is 25.5 Å². The van der Waals surface area contributed by atoms with Gasteiger partial charge >= 0.3 is 0 Å². The molecule has 1 aliphatic heterocycles. The molecule has 2 rings (SSSR count). The minimum absolute atomic E-state index is 0.627. The van der Waals surface area contributed by atoms with Gasteiger partial charge in [0.05, 0.1) is 25.5 Å². The zero-order chi connectivity index (χ0) is 14.9. The van der Waals surface area contributed by atoms with Crippen molar-refractivity contribution in [3.05, 3.63) is 29.6 Å². The molecule has 0 aliphatic carbocycles. The van der Waals surface area contributed by atoms with Crippen molar-refractivity contribution in [3.63, 3.8) is 0 Å². The van der Waals surface area contributed by atoms with Crippen molar-refractivity contribution in [1.82, 2.24) is 20.4 Å². The third kappa shape index (κ3) is 5.23. The number of ether oxygens (including phenoxy) is 1. The molecule has 21 heavy (non-hydrogen) atoms. The molecule has 0 amide bonds. The van der Waals surface area contributed by atoms with E-state index in [1.165, 1.54) is 5.57 Å². The number of aliphatic imine (C=N–C) groups is 1. The van der Waals surface area contributed by atoms with Gasteiger partial charge in [0.25, 0.3) is 0 Å². The van der Waals surface area contributed by atoms with Crippen LogP contribution in [0.5, 0.6) is 0 Å². The molecule has 116 valence electrons. The zero-order valence-corrected chi connectivity index (χ0v) is 12.9. The Kier molecular flexibility index (Phi) is 6.27. The van der Waals surface area contributed by atoms with E-state index in [4.69, 9.17) is 4.74 Å². The lowest BCUT2D eigenvalue weighted by atomic mass is 10.1. The molecule has 0 saturated heterocycles. The van der Waals surface area contributed by atoms with Crippen LogP contribution < -0.4 is 10.6 Å². The van der Waals surface area contributed by atoms with Crippen LogP contribution in [0.4, 0.5) is 0 Å². The molecule has 0 aromatic carbocycles. The van der Waals surface area contributed by atoms with E-state index in [1.807, 2.05) is 17.8 Å². The van der Waals surface area contributed by atoms with Crippen molar-refractivity contribution >= 4 is 5.96 Å². The molecule has 0 saturated carbocycles. The summed E-state index contributed by atoms with van der Waals surface area (Å²) >= 11 is 0. The first-order chi connectivity index (χ1) is 10.3. The molecule has 0 radical (unpaired) electrons. The Labute approximate surface area is 126 Å². The quantitative estimate of drug-likeness (QED) is 0.470. The molecular formula is C15H25N5O. The molecule has 0 unspecified atom stereocenters. The Morgan fingerprint density at radius 1 is 1.48 bits per heavy atom. The minimum atomic E-state index is 0.627. The summed E-state index contributed by atoms with van der Waals surface area (Å²) in [5.41, 5.74) is 2.57. The predicted molar refractivity (Wildman–Crippen MR) is 84.2 cm³/mol. The Bertz CT molecular complexity index is 492. The number of aryl methyl sites for hydroxylation is 1. The zero-order valence-electron chi connectivity index (χ0n) is 12.9. The molecule has 1 aliphatic rings. The van der Waals surface area contributed by atoms with Gasteiger partial charge < -0.3 is 15.4 Å². The lowest BCUT2D eigenvalue weighted by molar-refractivity contribution is 0.153. The molecule has 0 atom stereocenters. The maximum atomic E-state index is 5.32. The second-order valence-corrected chi connectivity index (χ2v) is 5.01. The summed E-state index contributed by atoms with van der Waals surface area (Å²) in [4.78, 5) is 4.59. The van der Waals surface area contributed by atoms with E-state index in [0.29, 0.717) is 6.54 Å². The van der Waals surface area contributed by atoms with E-state index in [1.54, 1.807) is 6.20 Å². The maximum absolute atomic E-state index is 5.32. The van der Waals surface area contributed by atoms with Crippen LogP contribution in [0.2, 0.25) is 0 Å². The third-order valence-electron chi connectivity index (χ3n) is 3.46. The van der Waals surface area contributed by atoms with Gasteiger partial charge in [-0.05, 0) is 25.8 Å². The van der Waals surface area contributed by atoms with Gasteiger partial charge in [-0.1, -0.05) is 11.6 Å². The average Bonchev–Trinajstić information content (AvgIpc) is 2.91. The van der Waals surface area contributed by atoms with E-state index in [2.05, 4.69) is 33.7 Å².